The van der Waals surface area contributed by atoms with E-state index in [4.69, 9.17) is 9.15 Å². The van der Waals surface area contributed by atoms with Crippen LogP contribution < -0.4 is 4.90 Å². The van der Waals surface area contributed by atoms with Gasteiger partial charge < -0.3 is 14.1 Å². The Labute approximate surface area is 163 Å². The van der Waals surface area contributed by atoms with Crippen LogP contribution in [0.25, 0.3) is 11.0 Å². The third-order valence-corrected chi connectivity index (χ3v) is 5.42. The molecule has 4 heterocycles. The molecule has 0 radical (unpaired) electrons. The molecule has 4 rings (SSSR count). The number of nitrogens with zero attached hydrogens (tertiary/aromatic N) is 5. The molecule has 3 aromatic heterocycles. The van der Waals surface area contributed by atoms with Crippen LogP contribution in [0.2, 0.25) is 0 Å². The molecule has 1 fully saturated rings. The molecular weight excluding hydrogens is 358 g/mol. The number of hydrogen-bond acceptors (Lipinski definition) is 7. The van der Waals surface area contributed by atoms with Gasteiger partial charge in [-0.05, 0) is 30.9 Å². The van der Waals surface area contributed by atoms with Crippen molar-refractivity contribution >= 4 is 22.8 Å². The normalized spacial score (nSPS) is 19.9. The third-order valence-electron chi connectivity index (χ3n) is 5.42. The molecule has 28 heavy (non-hydrogen) atoms. The predicted octanol–water partition coefficient (Wildman–Crippen LogP) is 3.13. The lowest BCUT2D eigenvalue weighted by molar-refractivity contribution is -0.141. The van der Waals surface area contributed by atoms with Gasteiger partial charge in [-0.3, -0.25) is 4.79 Å². The first-order chi connectivity index (χ1) is 13.6. The Kier molecular flexibility index (Phi) is 5.02. The summed E-state index contributed by atoms with van der Waals surface area (Å²) >= 11 is 0. The van der Waals surface area contributed by atoms with E-state index in [0.29, 0.717) is 11.6 Å². The Morgan fingerprint density at radius 2 is 2.21 bits per heavy atom. The second kappa shape index (κ2) is 7.61. The summed E-state index contributed by atoms with van der Waals surface area (Å²) in [4.78, 5) is 22.9. The standard InChI is InChI=1S/C20H25N5O3/c1-4-14-5-6-17(28-14)16-9-13(2)7-8-24(16)19-15-10-23-25(11-18(26)27-3)20(15)22-12-21-19/h5-6,10,12-13,16H,4,7-9,11H2,1-3H3/t13-,16+/m1/s1. The zero-order valence-electron chi connectivity index (χ0n) is 16.5. The van der Waals surface area contributed by atoms with Crippen LogP contribution in [0.3, 0.4) is 0 Å². The van der Waals surface area contributed by atoms with Crippen LogP contribution in [0.15, 0.2) is 29.1 Å². The molecule has 8 nitrogen and oxygen atoms in total. The summed E-state index contributed by atoms with van der Waals surface area (Å²) in [6.07, 6.45) is 6.21. The maximum Gasteiger partial charge on any atom is 0.327 e. The van der Waals surface area contributed by atoms with Gasteiger partial charge >= 0.3 is 5.97 Å². The SMILES string of the molecule is CCc1ccc([C@@H]2C[C@H](C)CCN2c2ncnc3c2cnn3CC(=O)OC)o1. The number of esters is 1. The minimum Gasteiger partial charge on any atom is -0.468 e. The van der Waals surface area contributed by atoms with Gasteiger partial charge in [0.2, 0.25) is 0 Å². The van der Waals surface area contributed by atoms with Gasteiger partial charge in [-0.1, -0.05) is 13.8 Å². The zero-order valence-corrected chi connectivity index (χ0v) is 16.5. The van der Waals surface area contributed by atoms with Gasteiger partial charge in [0.05, 0.1) is 24.7 Å². The fraction of sp³-hybridized carbons (Fsp3) is 0.500. The van der Waals surface area contributed by atoms with Crippen molar-refractivity contribution in [2.45, 2.75) is 45.7 Å². The number of hydrogen-bond donors (Lipinski definition) is 0. The Morgan fingerprint density at radius 3 is 2.96 bits per heavy atom. The first-order valence-corrected chi connectivity index (χ1v) is 9.69. The summed E-state index contributed by atoms with van der Waals surface area (Å²) in [6.45, 7) is 5.27. The van der Waals surface area contributed by atoms with Crippen LogP contribution in [0.1, 0.15) is 44.3 Å². The lowest BCUT2D eigenvalue weighted by Crippen LogP contribution is -2.36. The second-order valence-corrected chi connectivity index (χ2v) is 7.31. The number of anilines is 1. The van der Waals surface area contributed by atoms with Crippen LogP contribution in [-0.4, -0.2) is 39.4 Å². The number of fused-ring (bicyclic) bond motifs is 1. The van der Waals surface area contributed by atoms with Crippen molar-refractivity contribution in [2.75, 3.05) is 18.6 Å². The Morgan fingerprint density at radius 1 is 1.36 bits per heavy atom. The van der Waals surface area contributed by atoms with Gasteiger partial charge in [-0.15, -0.1) is 0 Å². The van der Waals surface area contributed by atoms with Crippen molar-refractivity contribution in [2.24, 2.45) is 5.92 Å². The van der Waals surface area contributed by atoms with Crippen molar-refractivity contribution in [1.29, 1.82) is 0 Å². The van der Waals surface area contributed by atoms with E-state index in [1.54, 1.807) is 10.9 Å². The van der Waals surface area contributed by atoms with E-state index < -0.39 is 0 Å². The molecule has 0 unspecified atom stereocenters. The molecule has 1 saturated heterocycles. The van der Waals surface area contributed by atoms with Crippen molar-refractivity contribution in [1.82, 2.24) is 19.7 Å². The van der Waals surface area contributed by atoms with E-state index >= 15 is 0 Å². The zero-order chi connectivity index (χ0) is 19.7. The van der Waals surface area contributed by atoms with Crippen LogP contribution >= 0.6 is 0 Å². The number of methoxy groups -OCH3 is 1. The highest BCUT2D eigenvalue weighted by molar-refractivity contribution is 5.87. The quantitative estimate of drug-likeness (QED) is 0.626. The molecule has 0 N–H and O–H groups in total. The van der Waals surface area contributed by atoms with Gasteiger partial charge in [-0.25, -0.2) is 14.6 Å². The number of ether oxygens (including phenoxy) is 1. The second-order valence-electron chi connectivity index (χ2n) is 7.31. The smallest absolute Gasteiger partial charge is 0.327 e. The van der Waals surface area contributed by atoms with Crippen molar-refractivity contribution in [3.05, 3.63) is 36.2 Å². The minimum atomic E-state index is -0.363. The van der Waals surface area contributed by atoms with E-state index in [0.717, 1.165) is 48.5 Å². The Bertz CT molecular complexity index is 979. The van der Waals surface area contributed by atoms with Gasteiger partial charge in [0.25, 0.3) is 0 Å². The van der Waals surface area contributed by atoms with E-state index in [1.165, 1.54) is 13.4 Å². The molecular formula is C20H25N5O3. The predicted molar refractivity (Wildman–Crippen MR) is 104 cm³/mol. The van der Waals surface area contributed by atoms with E-state index in [1.807, 2.05) is 0 Å². The molecule has 2 atom stereocenters. The van der Waals surface area contributed by atoms with Gasteiger partial charge in [-0.2, -0.15) is 5.10 Å². The summed E-state index contributed by atoms with van der Waals surface area (Å²) in [5.41, 5.74) is 0.626. The van der Waals surface area contributed by atoms with Gasteiger partial charge in [0, 0.05) is 13.0 Å². The van der Waals surface area contributed by atoms with Gasteiger partial charge in [0.1, 0.15) is 30.2 Å². The monoisotopic (exact) mass is 383 g/mol. The molecule has 0 aliphatic carbocycles. The molecule has 0 amide bonds. The minimum absolute atomic E-state index is 0.0228. The van der Waals surface area contributed by atoms with Crippen LogP contribution in [0.4, 0.5) is 5.82 Å². The fourth-order valence-corrected chi connectivity index (χ4v) is 3.84. The highest BCUT2D eigenvalue weighted by Crippen LogP contribution is 2.39. The average Bonchev–Trinajstić information content (AvgIpc) is 3.35. The number of piperidine rings is 1. The molecule has 8 heteroatoms. The lowest BCUT2D eigenvalue weighted by atomic mass is 9.91. The molecule has 1 aliphatic heterocycles. The molecule has 0 saturated carbocycles. The number of aryl methyl sites for hydroxylation is 1. The largest absolute Gasteiger partial charge is 0.468 e. The highest BCUT2D eigenvalue weighted by Gasteiger charge is 2.32. The van der Waals surface area contributed by atoms with E-state index in [9.17, 15) is 4.79 Å². The van der Waals surface area contributed by atoms with Gasteiger partial charge in [0.15, 0.2) is 5.65 Å². The highest BCUT2D eigenvalue weighted by atomic mass is 16.5. The summed E-state index contributed by atoms with van der Waals surface area (Å²) in [5.74, 6) is 3.03. The number of carbonyl (C=O) groups is 1. The number of carbonyl (C=O) groups excluding carboxylic acids is 1. The van der Waals surface area contributed by atoms with E-state index in [2.05, 4.69) is 45.9 Å². The average molecular weight is 383 g/mol. The molecule has 3 aromatic rings. The van der Waals surface area contributed by atoms with Crippen LogP contribution in [-0.2, 0) is 22.5 Å². The summed E-state index contributed by atoms with van der Waals surface area (Å²) in [7, 11) is 1.36. The van der Waals surface area contributed by atoms with Crippen LogP contribution in [0, 0.1) is 5.92 Å². The summed E-state index contributed by atoms with van der Waals surface area (Å²) in [6, 6.07) is 4.25. The van der Waals surface area contributed by atoms with Crippen LogP contribution in [0.5, 0.6) is 0 Å². The molecule has 1 aliphatic rings. The molecule has 148 valence electrons. The third kappa shape index (κ3) is 3.34. The molecule has 0 spiro atoms. The Balaban J connectivity index is 1.73. The Hall–Kier alpha value is -2.90. The number of rotatable bonds is 5. The molecule has 0 bridgehead atoms. The van der Waals surface area contributed by atoms with Crippen molar-refractivity contribution in [3.63, 3.8) is 0 Å². The number of aromatic nitrogens is 4. The summed E-state index contributed by atoms with van der Waals surface area (Å²) < 4.78 is 12.4. The van der Waals surface area contributed by atoms with Crippen molar-refractivity contribution < 1.29 is 13.9 Å². The fourth-order valence-electron chi connectivity index (χ4n) is 3.84. The van der Waals surface area contributed by atoms with Crippen molar-refractivity contribution in [3.8, 4) is 0 Å². The maximum absolute atomic E-state index is 11.7. The van der Waals surface area contributed by atoms with E-state index in [-0.39, 0.29) is 18.6 Å². The maximum atomic E-state index is 11.7. The topological polar surface area (TPSA) is 86.3 Å². The molecule has 0 aromatic carbocycles. The lowest BCUT2D eigenvalue weighted by Gasteiger charge is -2.38. The summed E-state index contributed by atoms with van der Waals surface area (Å²) in [5, 5.41) is 5.16. The number of furan rings is 1. The first-order valence-electron chi connectivity index (χ1n) is 9.69. The first kappa shape index (κ1) is 18.5.